The van der Waals surface area contributed by atoms with Gasteiger partial charge in [-0.1, -0.05) is 6.92 Å². The Morgan fingerprint density at radius 3 is 2.75 bits per heavy atom. The zero-order valence-corrected chi connectivity index (χ0v) is 12.3. The number of halogens is 1. The predicted octanol–water partition coefficient (Wildman–Crippen LogP) is 1.81. The summed E-state index contributed by atoms with van der Waals surface area (Å²) in [6.07, 6.45) is 1.06. The third-order valence-corrected chi connectivity index (χ3v) is 3.11. The van der Waals surface area contributed by atoms with E-state index in [9.17, 15) is 4.79 Å². The molecule has 3 N–H and O–H groups in total. The third kappa shape index (κ3) is 4.67. The number of amides is 1. The van der Waals surface area contributed by atoms with E-state index in [2.05, 4.69) is 5.32 Å². The molecule has 1 aromatic rings. The van der Waals surface area contributed by atoms with E-state index in [4.69, 9.17) is 15.2 Å². The number of nitrogens with one attached hydrogen (secondary N) is 1. The van der Waals surface area contributed by atoms with Crippen molar-refractivity contribution in [2.45, 2.75) is 19.4 Å². The molecule has 0 bridgehead atoms. The van der Waals surface area contributed by atoms with E-state index in [1.807, 2.05) is 24.3 Å². The summed E-state index contributed by atoms with van der Waals surface area (Å²) in [5.41, 5.74) is 6.20. The van der Waals surface area contributed by atoms with Crippen molar-refractivity contribution in [2.75, 3.05) is 25.1 Å². The molecule has 1 saturated heterocycles. The van der Waals surface area contributed by atoms with Gasteiger partial charge in [-0.2, -0.15) is 0 Å². The van der Waals surface area contributed by atoms with Crippen LogP contribution in [0.15, 0.2) is 24.3 Å². The Morgan fingerprint density at radius 1 is 1.50 bits per heavy atom. The fourth-order valence-corrected chi connectivity index (χ4v) is 1.79. The average Bonchev–Trinajstić information content (AvgIpc) is 2.93. The summed E-state index contributed by atoms with van der Waals surface area (Å²) in [6.45, 7) is 3.55. The molecule has 0 radical (unpaired) electrons. The van der Waals surface area contributed by atoms with Gasteiger partial charge in [0.25, 0.3) is 0 Å². The van der Waals surface area contributed by atoms with Gasteiger partial charge in [-0.05, 0) is 24.3 Å². The average molecular weight is 301 g/mol. The fraction of sp³-hybridized carbons (Fsp3) is 0.500. The molecule has 0 spiro atoms. The molecule has 2 unspecified atom stereocenters. The van der Waals surface area contributed by atoms with Gasteiger partial charge in [0, 0.05) is 24.6 Å². The quantitative estimate of drug-likeness (QED) is 0.870. The number of rotatable bonds is 5. The first-order valence-corrected chi connectivity index (χ1v) is 6.54. The van der Waals surface area contributed by atoms with Gasteiger partial charge in [0.2, 0.25) is 5.91 Å². The molecule has 1 fully saturated rings. The van der Waals surface area contributed by atoms with E-state index in [1.165, 1.54) is 0 Å². The summed E-state index contributed by atoms with van der Waals surface area (Å²) in [6, 6.07) is 7.35. The Morgan fingerprint density at radius 2 is 2.20 bits per heavy atom. The molecule has 0 saturated carbocycles. The molecule has 0 aliphatic carbocycles. The van der Waals surface area contributed by atoms with Gasteiger partial charge >= 0.3 is 0 Å². The van der Waals surface area contributed by atoms with Crippen molar-refractivity contribution >= 4 is 24.0 Å². The summed E-state index contributed by atoms with van der Waals surface area (Å²) in [7, 11) is 0. The van der Waals surface area contributed by atoms with Crippen molar-refractivity contribution in [1.82, 2.24) is 0 Å². The Bertz CT molecular complexity index is 419. The zero-order chi connectivity index (χ0) is 13.7. The Kier molecular flexibility index (Phi) is 6.78. The highest BCUT2D eigenvalue weighted by Crippen LogP contribution is 2.19. The maximum Gasteiger partial charge on any atom is 0.228 e. The first-order valence-electron chi connectivity index (χ1n) is 6.54. The van der Waals surface area contributed by atoms with E-state index in [0.717, 1.165) is 24.5 Å². The van der Waals surface area contributed by atoms with Crippen LogP contribution < -0.4 is 15.8 Å². The topological polar surface area (TPSA) is 73.6 Å². The van der Waals surface area contributed by atoms with E-state index in [1.54, 1.807) is 6.92 Å². The Balaban J connectivity index is 0.00000200. The van der Waals surface area contributed by atoms with Crippen LogP contribution in [0.5, 0.6) is 5.75 Å². The van der Waals surface area contributed by atoms with E-state index in [-0.39, 0.29) is 30.3 Å². The number of anilines is 1. The number of carbonyl (C=O) groups is 1. The van der Waals surface area contributed by atoms with Gasteiger partial charge in [-0.3, -0.25) is 4.79 Å². The van der Waals surface area contributed by atoms with Gasteiger partial charge < -0.3 is 20.5 Å². The number of hydrogen-bond donors (Lipinski definition) is 2. The van der Waals surface area contributed by atoms with E-state index >= 15 is 0 Å². The van der Waals surface area contributed by atoms with Crippen LogP contribution in [0.3, 0.4) is 0 Å². The van der Waals surface area contributed by atoms with Crippen LogP contribution in [-0.2, 0) is 9.53 Å². The van der Waals surface area contributed by atoms with E-state index < -0.39 is 0 Å². The third-order valence-electron chi connectivity index (χ3n) is 3.11. The summed E-state index contributed by atoms with van der Waals surface area (Å²) in [5.74, 6) is 0.535. The summed E-state index contributed by atoms with van der Waals surface area (Å²) in [4.78, 5) is 11.7. The molecular formula is C14H21ClN2O3. The Labute approximate surface area is 125 Å². The first-order chi connectivity index (χ1) is 9.19. The molecule has 0 aromatic heterocycles. The van der Waals surface area contributed by atoms with Crippen LogP contribution in [0.4, 0.5) is 5.69 Å². The summed E-state index contributed by atoms with van der Waals surface area (Å²) < 4.78 is 11.0. The van der Waals surface area contributed by atoms with Gasteiger partial charge in [-0.25, -0.2) is 0 Å². The monoisotopic (exact) mass is 300 g/mol. The number of ether oxygens (including phenoxy) is 2. The minimum Gasteiger partial charge on any atom is -0.488 e. The molecular weight excluding hydrogens is 280 g/mol. The summed E-state index contributed by atoms with van der Waals surface area (Å²) in [5, 5.41) is 2.81. The molecule has 1 aliphatic heterocycles. The molecule has 1 amide bonds. The van der Waals surface area contributed by atoms with Crippen molar-refractivity contribution in [2.24, 2.45) is 11.7 Å². The second-order valence-corrected chi connectivity index (χ2v) is 4.75. The molecule has 1 aliphatic rings. The molecule has 1 aromatic carbocycles. The van der Waals surface area contributed by atoms with Crippen molar-refractivity contribution in [3.63, 3.8) is 0 Å². The molecule has 2 rings (SSSR count). The highest BCUT2D eigenvalue weighted by Gasteiger charge is 2.17. The van der Waals surface area contributed by atoms with Crippen LogP contribution >= 0.6 is 12.4 Å². The minimum atomic E-state index is -0.188. The number of nitrogens with two attached hydrogens (primary N) is 1. The minimum absolute atomic E-state index is 0. The van der Waals surface area contributed by atoms with Crippen LogP contribution in [0, 0.1) is 5.92 Å². The van der Waals surface area contributed by atoms with E-state index in [0.29, 0.717) is 13.2 Å². The molecule has 5 nitrogen and oxygen atoms in total. The standard InChI is InChI=1S/C14H20N2O3.ClH/c1-10(8-15)14(17)16-11-2-4-12(5-3-11)19-13-6-7-18-9-13;/h2-5,10,13H,6-9,15H2,1H3,(H,16,17);1H. The van der Waals surface area contributed by atoms with Crippen molar-refractivity contribution < 1.29 is 14.3 Å². The number of carbonyl (C=O) groups excluding carboxylic acids is 1. The highest BCUT2D eigenvalue weighted by atomic mass is 35.5. The zero-order valence-electron chi connectivity index (χ0n) is 11.5. The van der Waals surface area contributed by atoms with Gasteiger partial charge in [-0.15, -0.1) is 12.4 Å². The van der Waals surface area contributed by atoms with Gasteiger partial charge in [0.1, 0.15) is 11.9 Å². The first kappa shape index (κ1) is 16.8. The lowest BCUT2D eigenvalue weighted by molar-refractivity contribution is -0.119. The predicted molar refractivity (Wildman–Crippen MR) is 80.4 cm³/mol. The van der Waals surface area contributed by atoms with Crippen molar-refractivity contribution in [1.29, 1.82) is 0 Å². The van der Waals surface area contributed by atoms with Gasteiger partial charge in [0.15, 0.2) is 0 Å². The number of benzene rings is 1. The summed E-state index contributed by atoms with van der Waals surface area (Å²) >= 11 is 0. The largest absolute Gasteiger partial charge is 0.488 e. The van der Waals surface area contributed by atoms with Crippen LogP contribution in [0.2, 0.25) is 0 Å². The van der Waals surface area contributed by atoms with Crippen molar-refractivity contribution in [3.8, 4) is 5.75 Å². The molecule has 2 atom stereocenters. The molecule has 1 heterocycles. The van der Waals surface area contributed by atoms with Crippen LogP contribution in [-0.4, -0.2) is 31.8 Å². The maximum atomic E-state index is 11.7. The number of hydrogen-bond acceptors (Lipinski definition) is 4. The lowest BCUT2D eigenvalue weighted by Crippen LogP contribution is -2.26. The molecule has 112 valence electrons. The molecule has 20 heavy (non-hydrogen) atoms. The smallest absolute Gasteiger partial charge is 0.228 e. The van der Waals surface area contributed by atoms with Crippen LogP contribution in [0.1, 0.15) is 13.3 Å². The van der Waals surface area contributed by atoms with Gasteiger partial charge in [0.05, 0.1) is 13.2 Å². The van der Waals surface area contributed by atoms with Crippen molar-refractivity contribution in [3.05, 3.63) is 24.3 Å². The normalized spacial score (nSPS) is 19.0. The molecule has 6 heteroatoms. The SMILES string of the molecule is CC(CN)C(=O)Nc1ccc(OC2CCOC2)cc1.Cl. The second-order valence-electron chi connectivity index (χ2n) is 4.75. The Hall–Kier alpha value is -1.30. The highest BCUT2D eigenvalue weighted by molar-refractivity contribution is 5.92. The maximum absolute atomic E-state index is 11.7. The lowest BCUT2D eigenvalue weighted by Gasteiger charge is -2.13. The lowest BCUT2D eigenvalue weighted by atomic mass is 10.1. The van der Waals surface area contributed by atoms with Crippen LogP contribution in [0.25, 0.3) is 0 Å². The second kappa shape index (κ2) is 8.09. The fourth-order valence-electron chi connectivity index (χ4n) is 1.79.